The lowest BCUT2D eigenvalue weighted by Gasteiger charge is -2.56. The number of β-amino-alcohol motifs (C(OH)–C–C–N with tert-alkyl or cyclic N) is 1. The number of fused-ring (bicyclic) bond motifs is 1. The molecule has 1 aromatic rings. The van der Waals surface area contributed by atoms with Crippen LogP contribution in [0.25, 0.3) is 0 Å². The fraction of sp³-hybridized carbons (Fsp3) is 0.625. The fourth-order valence-electron chi connectivity index (χ4n) is 5.20. The third-order valence-electron chi connectivity index (χ3n) is 7.31. The fourth-order valence-corrected chi connectivity index (χ4v) is 5.20. The molecule has 1 heterocycles. The van der Waals surface area contributed by atoms with Crippen molar-refractivity contribution in [2.75, 3.05) is 45.9 Å². The zero-order valence-corrected chi connectivity index (χ0v) is 17.7. The molecule has 1 aromatic carbocycles. The Balaban J connectivity index is 1.15. The van der Waals surface area contributed by atoms with Crippen molar-refractivity contribution in [2.24, 2.45) is 17.3 Å². The molecule has 29 heavy (non-hydrogen) atoms. The molecule has 2 fully saturated rings. The van der Waals surface area contributed by atoms with Gasteiger partial charge in [0.1, 0.15) is 0 Å². The van der Waals surface area contributed by atoms with Crippen molar-refractivity contribution < 1.29 is 14.6 Å². The molecule has 5 heteroatoms. The van der Waals surface area contributed by atoms with Crippen molar-refractivity contribution in [3.05, 3.63) is 47.5 Å². The molecule has 3 atom stereocenters. The Kier molecular flexibility index (Phi) is 6.09. The van der Waals surface area contributed by atoms with Gasteiger partial charge in [-0.05, 0) is 47.8 Å². The first kappa shape index (κ1) is 20.6. The van der Waals surface area contributed by atoms with Crippen LogP contribution >= 0.6 is 0 Å². The molecular weight excluding hydrogens is 364 g/mol. The molecule has 1 saturated carbocycles. The van der Waals surface area contributed by atoms with E-state index in [4.69, 9.17) is 4.74 Å². The number of carbonyl (C=O) groups is 1. The first-order valence-corrected chi connectivity index (χ1v) is 11.0. The Morgan fingerprint density at radius 1 is 1.21 bits per heavy atom. The van der Waals surface area contributed by atoms with Crippen LogP contribution in [0.5, 0.6) is 0 Å². The molecule has 4 aliphatic rings. The first-order valence-electron chi connectivity index (χ1n) is 11.0. The van der Waals surface area contributed by atoms with Gasteiger partial charge in [0.15, 0.2) is 0 Å². The molecule has 3 aliphatic carbocycles. The summed E-state index contributed by atoms with van der Waals surface area (Å²) in [6, 6.07) is 9.44. The van der Waals surface area contributed by atoms with Crippen molar-refractivity contribution in [1.82, 2.24) is 9.80 Å². The van der Waals surface area contributed by atoms with Gasteiger partial charge < -0.3 is 14.7 Å². The normalized spacial score (nSPS) is 27.1. The van der Waals surface area contributed by atoms with Gasteiger partial charge in [0.05, 0.1) is 19.3 Å². The van der Waals surface area contributed by atoms with Crippen LogP contribution in [0.4, 0.5) is 0 Å². The van der Waals surface area contributed by atoms with E-state index in [1.807, 2.05) is 35.2 Å². The van der Waals surface area contributed by atoms with Gasteiger partial charge in [0.2, 0.25) is 0 Å². The van der Waals surface area contributed by atoms with E-state index >= 15 is 0 Å². The summed E-state index contributed by atoms with van der Waals surface area (Å²) < 4.78 is 5.87. The lowest BCUT2D eigenvalue weighted by Crippen LogP contribution is -2.51. The monoisotopic (exact) mass is 398 g/mol. The summed E-state index contributed by atoms with van der Waals surface area (Å²) in [5.74, 6) is 1.60. The number of benzene rings is 1. The van der Waals surface area contributed by atoms with E-state index in [0.717, 1.165) is 24.6 Å². The Hall–Kier alpha value is -1.69. The topological polar surface area (TPSA) is 53.0 Å². The van der Waals surface area contributed by atoms with Crippen molar-refractivity contribution in [2.45, 2.75) is 32.8 Å². The Morgan fingerprint density at radius 3 is 2.59 bits per heavy atom. The zero-order chi connectivity index (χ0) is 20.4. The molecule has 5 rings (SSSR count). The highest BCUT2D eigenvalue weighted by Crippen LogP contribution is 2.59. The third kappa shape index (κ3) is 4.42. The van der Waals surface area contributed by atoms with Crippen LogP contribution in [0.2, 0.25) is 0 Å². The maximum absolute atomic E-state index is 12.5. The maximum Gasteiger partial charge on any atom is 0.253 e. The van der Waals surface area contributed by atoms with Crippen LogP contribution in [0, 0.1) is 17.3 Å². The van der Waals surface area contributed by atoms with Crippen LogP contribution in [0.3, 0.4) is 0 Å². The summed E-state index contributed by atoms with van der Waals surface area (Å²) in [4.78, 5) is 16.7. The van der Waals surface area contributed by atoms with Gasteiger partial charge >= 0.3 is 0 Å². The summed E-state index contributed by atoms with van der Waals surface area (Å²) in [6.07, 6.45) is 4.35. The van der Waals surface area contributed by atoms with E-state index in [1.165, 1.54) is 18.4 Å². The van der Waals surface area contributed by atoms with E-state index in [9.17, 15) is 9.90 Å². The van der Waals surface area contributed by atoms with Crippen LogP contribution in [-0.4, -0.2) is 72.9 Å². The van der Waals surface area contributed by atoms with Gasteiger partial charge in [-0.15, -0.1) is 0 Å². The van der Waals surface area contributed by atoms with E-state index in [2.05, 4.69) is 24.8 Å². The molecule has 2 bridgehead atoms. The smallest absolute Gasteiger partial charge is 0.253 e. The van der Waals surface area contributed by atoms with Crippen molar-refractivity contribution in [3.8, 4) is 0 Å². The number of aliphatic hydroxyl groups is 1. The minimum atomic E-state index is -0.488. The first-order chi connectivity index (χ1) is 13.9. The van der Waals surface area contributed by atoms with Crippen LogP contribution in [0.1, 0.15) is 37.0 Å². The lowest BCUT2D eigenvalue weighted by molar-refractivity contribution is -0.0272. The number of carbonyl (C=O) groups excluding carboxylic acids is 1. The summed E-state index contributed by atoms with van der Waals surface area (Å²) in [5.41, 5.74) is 2.59. The SMILES string of the molecule is CC1(C)C2CC=C(COCC(O)CN3CCN(C(=O)c4ccccc4)CC3)C1C2. The highest BCUT2D eigenvalue weighted by molar-refractivity contribution is 5.94. The van der Waals surface area contributed by atoms with E-state index < -0.39 is 6.10 Å². The number of hydrogen-bond acceptors (Lipinski definition) is 4. The van der Waals surface area contributed by atoms with E-state index in [1.54, 1.807) is 0 Å². The van der Waals surface area contributed by atoms with Gasteiger partial charge in [-0.1, -0.05) is 38.1 Å². The van der Waals surface area contributed by atoms with E-state index in [0.29, 0.717) is 44.2 Å². The van der Waals surface area contributed by atoms with Crippen molar-refractivity contribution >= 4 is 5.91 Å². The van der Waals surface area contributed by atoms with Gasteiger partial charge in [-0.2, -0.15) is 0 Å². The van der Waals surface area contributed by atoms with Gasteiger partial charge in [-0.25, -0.2) is 0 Å². The number of hydrogen-bond donors (Lipinski definition) is 1. The number of ether oxygens (including phenoxy) is 1. The molecule has 1 aliphatic heterocycles. The number of rotatable bonds is 7. The second kappa shape index (κ2) is 8.58. The Bertz CT molecular complexity index is 738. The molecule has 1 N–H and O–H groups in total. The second-order valence-corrected chi connectivity index (χ2v) is 9.45. The Labute approximate surface area is 174 Å². The molecule has 0 aromatic heterocycles. The third-order valence-corrected chi connectivity index (χ3v) is 7.31. The predicted octanol–water partition coefficient (Wildman–Crippen LogP) is 2.81. The highest BCUT2D eigenvalue weighted by Gasteiger charge is 2.50. The molecule has 1 amide bonds. The summed E-state index contributed by atoms with van der Waals surface area (Å²) in [7, 11) is 0. The number of amides is 1. The molecule has 158 valence electrons. The van der Waals surface area contributed by atoms with Crippen molar-refractivity contribution in [3.63, 3.8) is 0 Å². The van der Waals surface area contributed by atoms with Crippen LogP contribution in [0.15, 0.2) is 42.0 Å². The summed E-state index contributed by atoms with van der Waals surface area (Å²) in [6.45, 7) is 9.35. The largest absolute Gasteiger partial charge is 0.389 e. The predicted molar refractivity (Wildman–Crippen MR) is 114 cm³/mol. The number of piperazine rings is 1. The summed E-state index contributed by atoms with van der Waals surface area (Å²) >= 11 is 0. The summed E-state index contributed by atoms with van der Waals surface area (Å²) in [5, 5.41) is 10.4. The highest BCUT2D eigenvalue weighted by atomic mass is 16.5. The quantitative estimate of drug-likeness (QED) is 0.718. The molecule has 5 nitrogen and oxygen atoms in total. The molecule has 0 spiro atoms. The molecule has 1 saturated heterocycles. The maximum atomic E-state index is 12.5. The standard InChI is InChI=1S/C24H34N2O3/c1-24(2)20-9-8-19(22(24)14-20)16-29-17-21(27)15-25-10-12-26(13-11-25)23(28)18-6-4-3-5-7-18/h3-8,20-22,27H,9-17H2,1-2H3. The van der Waals surface area contributed by atoms with Crippen LogP contribution in [-0.2, 0) is 4.74 Å². The average Bonchev–Trinajstić information content (AvgIpc) is 2.74. The lowest BCUT2D eigenvalue weighted by atomic mass is 9.49. The van der Waals surface area contributed by atoms with Crippen LogP contribution < -0.4 is 0 Å². The number of nitrogens with zero attached hydrogens (tertiary/aromatic N) is 2. The minimum Gasteiger partial charge on any atom is -0.389 e. The van der Waals surface area contributed by atoms with Crippen molar-refractivity contribution in [1.29, 1.82) is 0 Å². The van der Waals surface area contributed by atoms with Gasteiger partial charge in [0.25, 0.3) is 5.91 Å². The van der Waals surface area contributed by atoms with E-state index in [-0.39, 0.29) is 5.91 Å². The van der Waals surface area contributed by atoms with Gasteiger partial charge in [-0.3, -0.25) is 9.69 Å². The molecular formula is C24H34N2O3. The molecule has 3 unspecified atom stereocenters. The second-order valence-electron chi connectivity index (χ2n) is 9.45. The zero-order valence-electron chi connectivity index (χ0n) is 17.7. The number of aliphatic hydroxyl groups excluding tert-OH is 1. The van der Waals surface area contributed by atoms with Gasteiger partial charge in [0, 0.05) is 38.3 Å². The Morgan fingerprint density at radius 2 is 1.93 bits per heavy atom. The molecule has 0 radical (unpaired) electrons. The number of allylic oxidation sites excluding steroid dienone is 1. The minimum absolute atomic E-state index is 0.0936. The average molecular weight is 399 g/mol.